The number of benzene rings is 2. The number of morpholine rings is 1. The van der Waals surface area contributed by atoms with E-state index in [0.717, 1.165) is 17.7 Å². The lowest BCUT2D eigenvalue weighted by Crippen LogP contribution is -2.66. The SMILES string of the molecule is CCO[P+](O)(N[C@@H](C(=O)OC)C(C)(C)C)Oc1c2n(ccc1=O)N([C@H]1c3ccccc3-c3scc4c3-c3c1ccc(F)c3C(F)(F)C4)[C@@H]1COCCN1C2=O. The number of rotatable bonds is 8. The molecule has 290 valence electrons. The van der Waals surface area contributed by atoms with Gasteiger partial charge in [-0.25, -0.2) is 13.2 Å². The highest BCUT2D eigenvalue weighted by Crippen LogP contribution is 2.59. The van der Waals surface area contributed by atoms with Crippen molar-refractivity contribution in [1.29, 1.82) is 0 Å². The monoisotopic (exact) mass is 799 g/mol. The van der Waals surface area contributed by atoms with Gasteiger partial charge in [0.05, 0.1) is 38.5 Å². The largest absolute Gasteiger partial charge is 0.544 e. The normalized spacial score (nSPS) is 21.0. The van der Waals surface area contributed by atoms with Crippen LogP contribution in [0.25, 0.3) is 21.6 Å². The lowest BCUT2D eigenvalue weighted by Gasteiger charge is -2.51. The van der Waals surface area contributed by atoms with Crippen LogP contribution in [0.1, 0.15) is 66.5 Å². The van der Waals surface area contributed by atoms with Crippen molar-refractivity contribution < 1.29 is 46.2 Å². The summed E-state index contributed by atoms with van der Waals surface area (Å²) in [6, 6.07) is 9.00. The predicted molar refractivity (Wildman–Crippen MR) is 199 cm³/mol. The molecule has 4 atom stereocenters. The molecule has 2 aliphatic carbocycles. The van der Waals surface area contributed by atoms with Crippen LogP contribution in [0.4, 0.5) is 13.2 Å². The first kappa shape index (κ1) is 37.6. The third-order valence-corrected chi connectivity index (χ3v) is 13.1. The van der Waals surface area contributed by atoms with Gasteiger partial charge in [-0.15, -0.1) is 11.3 Å². The maximum absolute atomic E-state index is 16.0. The molecule has 2 N–H and O–H groups in total. The van der Waals surface area contributed by atoms with E-state index in [1.807, 2.05) is 24.3 Å². The Balaban J connectivity index is 1.37. The Labute approximate surface area is 319 Å². The minimum absolute atomic E-state index is 0.00256. The molecule has 1 fully saturated rings. The second-order valence-corrected chi connectivity index (χ2v) is 17.5. The van der Waals surface area contributed by atoms with Crippen LogP contribution in [0.2, 0.25) is 0 Å². The van der Waals surface area contributed by atoms with Gasteiger partial charge in [-0.3, -0.25) is 28.6 Å². The summed E-state index contributed by atoms with van der Waals surface area (Å²) in [6.45, 7) is 6.92. The molecule has 2 aliphatic heterocycles. The number of thiophene rings is 1. The van der Waals surface area contributed by atoms with E-state index in [1.165, 1.54) is 40.3 Å². The van der Waals surface area contributed by atoms with Crippen molar-refractivity contribution >= 4 is 31.3 Å². The molecule has 4 aliphatic rings. The second-order valence-electron chi connectivity index (χ2n) is 14.8. The molecule has 12 nitrogen and oxygen atoms in total. The first-order valence-electron chi connectivity index (χ1n) is 17.8. The zero-order valence-corrected chi connectivity index (χ0v) is 32.3. The maximum Gasteiger partial charge on any atom is 0.544 e. The fraction of sp³-hybridized carbons (Fsp3) is 0.395. The van der Waals surface area contributed by atoms with Gasteiger partial charge in [0.15, 0.2) is 11.7 Å². The number of carbonyl (C=O) groups is 2. The number of ether oxygens (including phenoxy) is 2. The smallest absolute Gasteiger partial charge is 0.468 e. The maximum atomic E-state index is 16.0. The number of hydrogen-bond donors (Lipinski definition) is 2. The Morgan fingerprint density at radius 1 is 1.15 bits per heavy atom. The summed E-state index contributed by atoms with van der Waals surface area (Å²) in [5, 5.41) is 6.22. The zero-order chi connectivity index (χ0) is 39.2. The molecule has 1 amide bonds. The molecule has 55 heavy (non-hydrogen) atoms. The number of methoxy groups -OCH3 is 1. The number of amides is 1. The first-order chi connectivity index (χ1) is 26.1. The van der Waals surface area contributed by atoms with E-state index in [9.17, 15) is 19.3 Å². The van der Waals surface area contributed by atoms with E-state index in [-0.39, 0.29) is 37.6 Å². The number of fused-ring (bicyclic) bond motifs is 4. The molecule has 1 saturated heterocycles. The molecule has 2 aromatic carbocycles. The lowest BCUT2D eigenvalue weighted by molar-refractivity contribution is -0.145. The fourth-order valence-electron chi connectivity index (χ4n) is 8.04. The van der Waals surface area contributed by atoms with Crippen LogP contribution in [0.15, 0.2) is 58.8 Å². The van der Waals surface area contributed by atoms with Crippen molar-refractivity contribution in [3.05, 3.63) is 98.0 Å². The number of nitrogens with zero attached hydrogens (tertiary/aromatic N) is 3. The van der Waals surface area contributed by atoms with Crippen molar-refractivity contribution in [2.45, 2.75) is 58.3 Å². The van der Waals surface area contributed by atoms with Crippen molar-refractivity contribution in [1.82, 2.24) is 14.7 Å². The third-order valence-electron chi connectivity index (χ3n) is 10.4. The Morgan fingerprint density at radius 3 is 2.64 bits per heavy atom. The van der Waals surface area contributed by atoms with Gasteiger partial charge in [0.2, 0.25) is 5.43 Å². The summed E-state index contributed by atoms with van der Waals surface area (Å²) >= 11 is 1.31. The fourth-order valence-corrected chi connectivity index (χ4v) is 10.9. The Kier molecular flexibility index (Phi) is 9.18. The molecule has 0 bridgehead atoms. The standard InChI is InChI=1S/C38H39F3N4O8PS/c1-6-52-54(49,42-34(36(48)50-5)37(2,3)4)53-32-25(46)13-14-44-31(32)35(47)43-15-16-51-18-26(43)45(44)30-21-9-7-8-10-22(21)33-27-20(19-55-33)17-38(40,41)29-24(39)12-11-23(30)28(27)29/h7-14,19,26,30,34,42,49H,6,15-18H2,1-5H3/q+1/t26-,30+,34+,54?/m1/s1. The summed E-state index contributed by atoms with van der Waals surface area (Å²) in [6.07, 6.45) is -0.116. The van der Waals surface area contributed by atoms with Gasteiger partial charge in [-0.05, 0) is 46.0 Å². The number of esters is 1. The number of carbonyl (C=O) groups excluding carboxylic acids is 2. The van der Waals surface area contributed by atoms with Crippen LogP contribution in [-0.2, 0) is 31.1 Å². The Hall–Kier alpha value is -4.31. The highest BCUT2D eigenvalue weighted by molar-refractivity contribution is 7.59. The van der Waals surface area contributed by atoms with E-state index in [0.29, 0.717) is 27.1 Å². The van der Waals surface area contributed by atoms with Crippen LogP contribution in [-0.4, -0.2) is 72.0 Å². The van der Waals surface area contributed by atoms with Gasteiger partial charge in [0.25, 0.3) is 17.6 Å². The van der Waals surface area contributed by atoms with Gasteiger partial charge < -0.3 is 14.4 Å². The highest BCUT2D eigenvalue weighted by Gasteiger charge is 2.55. The number of halogens is 3. The van der Waals surface area contributed by atoms with Gasteiger partial charge >= 0.3 is 14.1 Å². The molecule has 2 aromatic heterocycles. The molecule has 4 heterocycles. The van der Waals surface area contributed by atoms with E-state index >= 15 is 13.2 Å². The molecular weight excluding hydrogens is 760 g/mol. The van der Waals surface area contributed by atoms with Crippen molar-refractivity contribution in [2.24, 2.45) is 5.41 Å². The third kappa shape index (κ3) is 5.96. The molecule has 8 rings (SSSR count). The van der Waals surface area contributed by atoms with Crippen LogP contribution < -0.4 is 20.0 Å². The zero-order valence-electron chi connectivity index (χ0n) is 30.6. The van der Waals surface area contributed by atoms with Gasteiger partial charge in [0, 0.05) is 41.2 Å². The van der Waals surface area contributed by atoms with Crippen LogP contribution in [0.5, 0.6) is 5.75 Å². The average Bonchev–Trinajstić information content (AvgIpc) is 3.50. The van der Waals surface area contributed by atoms with Crippen LogP contribution in [0, 0.1) is 11.2 Å². The van der Waals surface area contributed by atoms with E-state index in [1.54, 1.807) is 38.1 Å². The second kappa shape index (κ2) is 13.4. The predicted octanol–water partition coefficient (Wildman–Crippen LogP) is 6.15. The first-order valence-corrected chi connectivity index (χ1v) is 20.2. The van der Waals surface area contributed by atoms with Gasteiger partial charge in [-0.1, -0.05) is 56.2 Å². The number of alkyl halides is 2. The van der Waals surface area contributed by atoms with Crippen LogP contribution >= 0.6 is 19.4 Å². The average molecular weight is 800 g/mol. The number of hydrogen-bond acceptors (Lipinski definition) is 11. The molecule has 4 aromatic rings. The summed E-state index contributed by atoms with van der Waals surface area (Å²) < 4.78 is 72.0. The van der Waals surface area contributed by atoms with E-state index in [2.05, 4.69) is 5.09 Å². The van der Waals surface area contributed by atoms with Gasteiger partial charge in [-0.2, -0.15) is 9.42 Å². The van der Waals surface area contributed by atoms with Gasteiger partial charge in [0.1, 0.15) is 12.0 Å². The topological polar surface area (TPSA) is 132 Å². The number of pyridine rings is 1. The molecule has 0 spiro atoms. The van der Waals surface area contributed by atoms with E-state index < -0.39 is 78.5 Å². The quantitative estimate of drug-likeness (QED) is 0.158. The van der Waals surface area contributed by atoms with Crippen LogP contribution in [0.3, 0.4) is 0 Å². The summed E-state index contributed by atoms with van der Waals surface area (Å²) in [5.74, 6) is -6.46. The number of nitrogens with one attached hydrogen (secondary N) is 1. The van der Waals surface area contributed by atoms with Crippen molar-refractivity contribution in [3.8, 4) is 27.3 Å². The minimum atomic E-state index is -4.37. The molecule has 0 saturated carbocycles. The summed E-state index contributed by atoms with van der Waals surface area (Å²) in [4.78, 5) is 55.6. The highest BCUT2D eigenvalue weighted by atomic mass is 32.1. The van der Waals surface area contributed by atoms with Crippen molar-refractivity contribution in [2.75, 3.05) is 38.5 Å². The summed E-state index contributed by atoms with van der Waals surface area (Å²) in [5.41, 5.74) is 0.224. The number of aromatic nitrogens is 1. The Bertz CT molecular complexity index is 2300. The lowest BCUT2D eigenvalue weighted by atomic mass is 9.80. The summed E-state index contributed by atoms with van der Waals surface area (Å²) in [7, 11) is -3.18. The molecule has 17 heteroatoms. The van der Waals surface area contributed by atoms with E-state index in [4.69, 9.17) is 18.5 Å². The molecular formula is C38H39F3N4O8PS+. The molecule has 0 radical (unpaired) electrons. The van der Waals surface area contributed by atoms with Crippen molar-refractivity contribution in [3.63, 3.8) is 0 Å². The Morgan fingerprint density at radius 2 is 1.91 bits per heavy atom. The minimum Gasteiger partial charge on any atom is -0.468 e. The molecule has 1 unspecified atom stereocenters.